The Bertz CT molecular complexity index is 323. The SMILES string of the molecule is CCCCCCC(C)(CCCCCC)c1cncnc1. The highest BCUT2D eigenvalue weighted by atomic mass is 14.8. The summed E-state index contributed by atoms with van der Waals surface area (Å²) in [5, 5.41) is 0. The van der Waals surface area contributed by atoms with Gasteiger partial charge in [-0.1, -0.05) is 72.1 Å². The lowest BCUT2D eigenvalue weighted by atomic mass is 9.75. The molecule has 0 aliphatic heterocycles. The van der Waals surface area contributed by atoms with Crippen LogP contribution in [0.3, 0.4) is 0 Å². The summed E-state index contributed by atoms with van der Waals surface area (Å²) in [5.41, 5.74) is 1.59. The molecule has 0 aliphatic carbocycles. The molecule has 2 nitrogen and oxygen atoms in total. The maximum absolute atomic E-state index is 4.23. The van der Waals surface area contributed by atoms with Crippen LogP contribution in [0.25, 0.3) is 0 Å². The van der Waals surface area contributed by atoms with Gasteiger partial charge in [-0.3, -0.25) is 0 Å². The summed E-state index contributed by atoms with van der Waals surface area (Å²) in [6.45, 7) is 6.95. The van der Waals surface area contributed by atoms with E-state index in [4.69, 9.17) is 0 Å². The zero-order valence-corrected chi connectivity index (χ0v) is 13.7. The Morgan fingerprint density at radius 2 is 1.30 bits per heavy atom. The Morgan fingerprint density at radius 3 is 1.75 bits per heavy atom. The molecular weight excluding hydrogens is 244 g/mol. The predicted molar refractivity (Wildman–Crippen MR) is 86.9 cm³/mol. The molecule has 0 amide bonds. The Kier molecular flexibility index (Phi) is 8.48. The summed E-state index contributed by atoms with van der Waals surface area (Å²) >= 11 is 0. The van der Waals surface area contributed by atoms with E-state index in [0.717, 1.165) is 0 Å². The molecule has 1 rings (SSSR count). The second-order valence-electron chi connectivity index (χ2n) is 6.31. The highest BCUT2D eigenvalue weighted by Gasteiger charge is 2.26. The van der Waals surface area contributed by atoms with Crippen LogP contribution in [0.1, 0.15) is 90.5 Å². The van der Waals surface area contributed by atoms with E-state index in [0.29, 0.717) is 0 Å². The van der Waals surface area contributed by atoms with Gasteiger partial charge in [0.15, 0.2) is 0 Å². The first kappa shape index (κ1) is 17.1. The van der Waals surface area contributed by atoms with Gasteiger partial charge in [0.2, 0.25) is 0 Å². The van der Waals surface area contributed by atoms with Gasteiger partial charge in [-0.2, -0.15) is 0 Å². The number of unbranched alkanes of at least 4 members (excludes halogenated alkanes) is 6. The van der Waals surface area contributed by atoms with E-state index in [1.165, 1.54) is 69.8 Å². The summed E-state index contributed by atoms with van der Waals surface area (Å²) in [7, 11) is 0. The van der Waals surface area contributed by atoms with Crippen molar-refractivity contribution in [3.8, 4) is 0 Å². The molecule has 1 aromatic rings. The average molecular weight is 276 g/mol. The fraction of sp³-hybridized carbons (Fsp3) is 0.778. The number of hydrogen-bond acceptors (Lipinski definition) is 2. The van der Waals surface area contributed by atoms with Crippen molar-refractivity contribution in [2.45, 2.75) is 90.4 Å². The van der Waals surface area contributed by atoms with Gasteiger partial charge in [-0.15, -0.1) is 0 Å². The molecule has 0 radical (unpaired) electrons. The second-order valence-corrected chi connectivity index (χ2v) is 6.31. The third kappa shape index (κ3) is 6.02. The van der Waals surface area contributed by atoms with Crippen LogP contribution in [0, 0.1) is 0 Å². The van der Waals surface area contributed by atoms with Crippen LogP contribution < -0.4 is 0 Å². The average Bonchev–Trinajstić information content (AvgIpc) is 2.49. The molecule has 0 saturated heterocycles. The standard InChI is InChI=1S/C18H32N2/c1-4-6-8-10-12-18(3,13-11-9-7-5-2)17-14-19-16-20-15-17/h14-16H,4-13H2,1-3H3. The summed E-state index contributed by atoms with van der Waals surface area (Å²) < 4.78 is 0. The van der Waals surface area contributed by atoms with E-state index in [2.05, 4.69) is 30.7 Å². The summed E-state index contributed by atoms with van der Waals surface area (Å²) in [5.74, 6) is 0. The zero-order chi connectivity index (χ0) is 14.7. The fourth-order valence-corrected chi connectivity index (χ4v) is 2.91. The molecule has 1 aromatic heterocycles. The number of aromatic nitrogens is 2. The number of hydrogen-bond donors (Lipinski definition) is 0. The highest BCUT2D eigenvalue weighted by molar-refractivity contribution is 5.17. The van der Waals surface area contributed by atoms with Gasteiger partial charge in [0, 0.05) is 12.4 Å². The molecule has 0 bridgehead atoms. The monoisotopic (exact) mass is 276 g/mol. The topological polar surface area (TPSA) is 25.8 Å². The molecule has 0 saturated carbocycles. The van der Waals surface area contributed by atoms with Crippen LogP contribution in [0.2, 0.25) is 0 Å². The lowest BCUT2D eigenvalue weighted by Crippen LogP contribution is -2.22. The third-order valence-corrected chi connectivity index (χ3v) is 4.42. The lowest BCUT2D eigenvalue weighted by Gasteiger charge is -2.30. The van der Waals surface area contributed by atoms with Crippen molar-refractivity contribution in [1.82, 2.24) is 9.97 Å². The number of rotatable bonds is 11. The van der Waals surface area contributed by atoms with E-state index < -0.39 is 0 Å². The van der Waals surface area contributed by atoms with Gasteiger partial charge in [0.1, 0.15) is 6.33 Å². The molecule has 0 unspecified atom stereocenters. The van der Waals surface area contributed by atoms with Gasteiger partial charge < -0.3 is 0 Å². The van der Waals surface area contributed by atoms with Crippen LogP contribution in [0.5, 0.6) is 0 Å². The van der Waals surface area contributed by atoms with Crippen molar-refractivity contribution >= 4 is 0 Å². The molecular formula is C18H32N2. The summed E-state index contributed by atoms with van der Waals surface area (Å²) in [6, 6.07) is 0. The predicted octanol–water partition coefficient (Wildman–Crippen LogP) is 5.68. The molecule has 0 aliphatic rings. The van der Waals surface area contributed by atoms with E-state index in [9.17, 15) is 0 Å². The van der Waals surface area contributed by atoms with E-state index in [1.54, 1.807) is 6.33 Å². The van der Waals surface area contributed by atoms with Crippen LogP contribution in [-0.4, -0.2) is 9.97 Å². The highest BCUT2D eigenvalue weighted by Crippen LogP contribution is 2.34. The Labute approximate surface area is 125 Å². The Morgan fingerprint density at radius 1 is 0.800 bits per heavy atom. The first-order chi connectivity index (χ1) is 9.73. The quantitative estimate of drug-likeness (QED) is 0.486. The lowest BCUT2D eigenvalue weighted by molar-refractivity contribution is 0.362. The van der Waals surface area contributed by atoms with Crippen molar-refractivity contribution in [1.29, 1.82) is 0 Å². The second kappa shape index (κ2) is 9.90. The molecule has 114 valence electrons. The number of nitrogens with zero attached hydrogens (tertiary/aromatic N) is 2. The van der Waals surface area contributed by atoms with E-state index >= 15 is 0 Å². The minimum absolute atomic E-state index is 0.267. The molecule has 0 spiro atoms. The Balaban J connectivity index is 2.57. The van der Waals surface area contributed by atoms with Crippen molar-refractivity contribution in [3.05, 3.63) is 24.3 Å². The van der Waals surface area contributed by atoms with Crippen molar-refractivity contribution in [2.24, 2.45) is 0 Å². The molecule has 0 fully saturated rings. The van der Waals surface area contributed by atoms with Crippen LogP contribution in [-0.2, 0) is 5.41 Å². The van der Waals surface area contributed by atoms with E-state index in [1.807, 2.05) is 12.4 Å². The largest absolute Gasteiger partial charge is 0.245 e. The molecule has 0 atom stereocenters. The fourth-order valence-electron chi connectivity index (χ4n) is 2.91. The Hall–Kier alpha value is -0.920. The molecule has 0 aromatic carbocycles. The van der Waals surface area contributed by atoms with Crippen molar-refractivity contribution < 1.29 is 0 Å². The van der Waals surface area contributed by atoms with Gasteiger partial charge in [-0.05, 0) is 23.8 Å². The zero-order valence-electron chi connectivity index (χ0n) is 13.7. The first-order valence-corrected chi connectivity index (χ1v) is 8.48. The summed E-state index contributed by atoms with van der Waals surface area (Å²) in [4.78, 5) is 8.46. The maximum atomic E-state index is 4.23. The summed E-state index contributed by atoms with van der Waals surface area (Å²) in [6.07, 6.45) is 18.9. The van der Waals surface area contributed by atoms with Gasteiger partial charge in [0.05, 0.1) is 0 Å². The van der Waals surface area contributed by atoms with Gasteiger partial charge in [-0.25, -0.2) is 9.97 Å². The molecule has 2 heteroatoms. The molecule has 1 heterocycles. The van der Waals surface area contributed by atoms with Crippen molar-refractivity contribution in [3.63, 3.8) is 0 Å². The maximum Gasteiger partial charge on any atom is 0.115 e. The van der Waals surface area contributed by atoms with Crippen molar-refractivity contribution in [2.75, 3.05) is 0 Å². The van der Waals surface area contributed by atoms with Crippen LogP contribution >= 0.6 is 0 Å². The normalized spacial score (nSPS) is 11.8. The minimum atomic E-state index is 0.267. The van der Waals surface area contributed by atoms with E-state index in [-0.39, 0.29) is 5.41 Å². The minimum Gasteiger partial charge on any atom is -0.245 e. The van der Waals surface area contributed by atoms with Gasteiger partial charge >= 0.3 is 0 Å². The first-order valence-electron chi connectivity index (χ1n) is 8.48. The van der Waals surface area contributed by atoms with Crippen LogP contribution in [0.4, 0.5) is 0 Å². The molecule has 0 N–H and O–H groups in total. The smallest absolute Gasteiger partial charge is 0.115 e. The van der Waals surface area contributed by atoms with Gasteiger partial charge in [0.25, 0.3) is 0 Å². The third-order valence-electron chi connectivity index (χ3n) is 4.42. The van der Waals surface area contributed by atoms with Crippen LogP contribution in [0.15, 0.2) is 18.7 Å². The molecule has 20 heavy (non-hydrogen) atoms.